The maximum absolute atomic E-state index is 12.0. The first-order valence-electron chi connectivity index (χ1n) is 7.46. The number of carbonyl (C=O) groups is 1. The van der Waals surface area contributed by atoms with E-state index in [2.05, 4.69) is 26.2 Å². The summed E-state index contributed by atoms with van der Waals surface area (Å²) in [5.74, 6) is -0.656. The number of hydrogen-bond donors (Lipinski definition) is 1. The van der Waals surface area contributed by atoms with E-state index in [1.54, 1.807) is 17.7 Å². The summed E-state index contributed by atoms with van der Waals surface area (Å²) in [4.78, 5) is 12.0. The predicted molar refractivity (Wildman–Crippen MR) is 109 cm³/mol. The van der Waals surface area contributed by atoms with E-state index in [-0.39, 0.29) is 27.4 Å². The van der Waals surface area contributed by atoms with Crippen molar-refractivity contribution in [3.8, 4) is 11.6 Å². The first-order chi connectivity index (χ1) is 12.8. The van der Waals surface area contributed by atoms with Gasteiger partial charge in [0.2, 0.25) is 5.88 Å². The molecule has 3 rings (SSSR count). The van der Waals surface area contributed by atoms with E-state index in [1.165, 1.54) is 12.1 Å². The Hall–Kier alpha value is -1.80. The largest absolute Gasteiger partial charge is 0.493 e. The minimum atomic E-state index is -0.677. The van der Waals surface area contributed by atoms with Crippen LogP contribution in [0.25, 0.3) is 10.9 Å². The maximum atomic E-state index is 12.0. The zero-order valence-electron chi connectivity index (χ0n) is 13.7. The molecule has 6 nitrogen and oxygen atoms in total. The lowest BCUT2D eigenvalue weighted by atomic mass is 10.2. The van der Waals surface area contributed by atoms with E-state index < -0.39 is 12.5 Å². The van der Waals surface area contributed by atoms with Crippen molar-refractivity contribution < 1.29 is 14.6 Å². The number of hydrogen-bond acceptors (Lipinski definition) is 4. The van der Waals surface area contributed by atoms with Gasteiger partial charge in [0.25, 0.3) is 0 Å². The van der Waals surface area contributed by atoms with Gasteiger partial charge in [-0.25, -0.2) is 0 Å². The number of halogens is 4. The molecule has 27 heavy (non-hydrogen) atoms. The molecule has 0 aliphatic heterocycles. The molecule has 140 valence electrons. The number of amides is 1. The number of rotatable bonds is 4. The number of azo groups is 1. The van der Waals surface area contributed by atoms with Crippen LogP contribution in [0.1, 0.15) is 0 Å². The third kappa shape index (κ3) is 4.21. The Morgan fingerprint density at radius 3 is 2.56 bits per heavy atom. The van der Waals surface area contributed by atoms with Crippen LogP contribution in [-0.4, -0.2) is 22.2 Å². The lowest BCUT2D eigenvalue weighted by Gasteiger charge is -2.08. The van der Waals surface area contributed by atoms with Crippen molar-refractivity contribution in [3.05, 3.63) is 49.9 Å². The van der Waals surface area contributed by atoms with Crippen molar-refractivity contribution in [2.45, 2.75) is 0 Å². The van der Waals surface area contributed by atoms with E-state index in [1.807, 2.05) is 12.1 Å². The van der Waals surface area contributed by atoms with E-state index in [0.29, 0.717) is 10.4 Å². The van der Waals surface area contributed by atoms with Gasteiger partial charge >= 0.3 is 5.91 Å². The molecule has 2 aromatic carbocycles. The summed E-state index contributed by atoms with van der Waals surface area (Å²) in [6.45, 7) is -0.431. The van der Waals surface area contributed by atoms with E-state index in [0.717, 1.165) is 9.99 Å². The van der Waals surface area contributed by atoms with Gasteiger partial charge in [0.05, 0.1) is 15.6 Å². The highest BCUT2D eigenvalue weighted by Crippen LogP contribution is 2.39. The summed E-state index contributed by atoms with van der Waals surface area (Å²) < 4.78 is 7.66. The van der Waals surface area contributed by atoms with Crippen LogP contribution in [0.2, 0.25) is 15.1 Å². The molecule has 0 saturated heterocycles. The first-order valence-corrected chi connectivity index (χ1v) is 9.39. The SMILES string of the molecule is Cn1c(O)c(N=NC(=O)COc2c(Cl)cc(Cl)cc2Cl)c2cc(Br)ccc21. The van der Waals surface area contributed by atoms with Crippen LogP contribution in [-0.2, 0) is 11.8 Å². The van der Waals surface area contributed by atoms with Gasteiger partial charge in [-0.15, -0.1) is 10.2 Å². The van der Waals surface area contributed by atoms with Crippen molar-refractivity contribution in [1.82, 2.24) is 4.57 Å². The number of fused-ring (bicyclic) bond motifs is 1. The molecule has 1 aromatic heterocycles. The summed E-state index contributed by atoms with van der Waals surface area (Å²) in [5.41, 5.74) is 0.929. The van der Waals surface area contributed by atoms with Gasteiger partial charge < -0.3 is 14.4 Å². The van der Waals surface area contributed by atoms with Crippen molar-refractivity contribution in [1.29, 1.82) is 0 Å². The number of aryl methyl sites for hydroxylation is 1. The normalized spacial score (nSPS) is 11.4. The number of aromatic nitrogens is 1. The average Bonchev–Trinajstić information content (AvgIpc) is 2.82. The van der Waals surface area contributed by atoms with Crippen molar-refractivity contribution in [2.24, 2.45) is 17.3 Å². The van der Waals surface area contributed by atoms with E-state index in [4.69, 9.17) is 39.5 Å². The minimum Gasteiger partial charge on any atom is -0.493 e. The van der Waals surface area contributed by atoms with Gasteiger partial charge in [-0.1, -0.05) is 50.7 Å². The lowest BCUT2D eigenvalue weighted by Crippen LogP contribution is -2.08. The molecule has 0 atom stereocenters. The Morgan fingerprint density at radius 1 is 1.22 bits per heavy atom. The molecule has 3 aromatic rings. The molecule has 0 saturated carbocycles. The minimum absolute atomic E-state index is 0.107. The second kappa shape index (κ2) is 8.06. The number of nitrogens with zero attached hydrogens (tertiary/aromatic N) is 3. The van der Waals surface area contributed by atoms with Gasteiger partial charge in [0.1, 0.15) is 0 Å². The summed E-state index contributed by atoms with van der Waals surface area (Å²) in [7, 11) is 1.68. The molecule has 0 unspecified atom stereocenters. The van der Waals surface area contributed by atoms with Crippen LogP contribution in [0.15, 0.2) is 45.0 Å². The Kier molecular flexibility index (Phi) is 5.95. The van der Waals surface area contributed by atoms with Crippen LogP contribution in [0.4, 0.5) is 5.69 Å². The highest BCUT2D eigenvalue weighted by Gasteiger charge is 2.16. The molecule has 1 N–H and O–H groups in total. The van der Waals surface area contributed by atoms with Gasteiger partial charge in [-0.3, -0.25) is 4.79 Å². The third-order valence-electron chi connectivity index (χ3n) is 3.67. The molecule has 0 aliphatic rings. The fraction of sp³-hybridized carbons (Fsp3) is 0.118. The molecule has 0 fully saturated rings. The molecule has 10 heteroatoms. The van der Waals surface area contributed by atoms with Gasteiger partial charge in [-0.2, -0.15) is 0 Å². The van der Waals surface area contributed by atoms with Gasteiger partial charge in [-0.05, 0) is 30.3 Å². The van der Waals surface area contributed by atoms with Gasteiger partial charge in [0, 0.05) is 21.9 Å². The second-order valence-corrected chi connectivity index (χ2v) is 7.64. The molecular weight excluding hydrogens is 480 g/mol. The molecule has 1 amide bonds. The fourth-order valence-electron chi connectivity index (χ4n) is 2.42. The summed E-state index contributed by atoms with van der Waals surface area (Å²) >= 11 is 21.2. The van der Waals surface area contributed by atoms with Crippen LogP contribution < -0.4 is 4.74 Å². The molecule has 0 aliphatic carbocycles. The zero-order chi connectivity index (χ0) is 19.7. The second-order valence-electron chi connectivity index (χ2n) is 5.47. The Morgan fingerprint density at radius 2 is 1.89 bits per heavy atom. The van der Waals surface area contributed by atoms with Crippen LogP contribution in [0, 0.1) is 0 Å². The Bertz CT molecular complexity index is 1060. The molecule has 0 bridgehead atoms. The van der Waals surface area contributed by atoms with E-state index >= 15 is 0 Å². The topological polar surface area (TPSA) is 76.2 Å². The van der Waals surface area contributed by atoms with Crippen molar-refractivity contribution in [2.75, 3.05) is 6.61 Å². The molecule has 0 radical (unpaired) electrons. The van der Waals surface area contributed by atoms with E-state index in [9.17, 15) is 9.90 Å². The van der Waals surface area contributed by atoms with Crippen LogP contribution in [0.3, 0.4) is 0 Å². The summed E-state index contributed by atoms with van der Waals surface area (Å²) in [6.07, 6.45) is 0. The Labute approximate surface area is 177 Å². The zero-order valence-corrected chi connectivity index (χ0v) is 17.6. The number of benzene rings is 2. The summed E-state index contributed by atoms with van der Waals surface area (Å²) in [6, 6.07) is 8.32. The van der Waals surface area contributed by atoms with Crippen LogP contribution >= 0.6 is 50.7 Å². The van der Waals surface area contributed by atoms with Gasteiger partial charge in [0.15, 0.2) is 18.0 Å². The number of aromatic hydroxyl groups is 1. The number of ether oxygens (including phenoxy) is 1. The average molecular weight is 492 g/mol. The van der Waals surface area contributed by atoms with Crippen molar-refractivity contribution >= 4 is 73.2 Å². The number of carbonyl (C=O) groups excluding carboxylic acids is 1. The van der Waals surface area contributed by atoms with Crippen LogP contribution in [0.5, 0.6) is 11.6 Å². The fourth-order valence-corrected chi connectivity index (χ4v) is 3.70. The standard InChI is InChI=1S/C17H11BrCl3N3O3/c1-24-13-3-2-8(18)4-10(13)15(17(24)26)23-22-14(25)7-27-16-11(20)5-9(19)6-12(16)21/h2-6,26H,7H2,1H3. The predicted octanol–water partition coefficient (Wildman–Crippen LogP) is 6.30. The quantitative estimate of drug-likeness (QED) is 0.436. The third-order valence-corrected chi connectivity index (χ3v) is 4.94. The summed E-state index contributed by atoms with van der Waals surface area (Å²) in [5, 5.41) is 19.1. The lowest BCUT2D eigenvalue weighted by molar-refractivity contribution is -0.120. The Balaban J connectivity index is 1.79. The maximum Gasteiger partial charge on any atom is 0.302 e. The molecule has 1 heterocycles. The highest BCUT2D eigenvalue weighted by molar-refractivity contribution is 9.10. The first kappa shape index (κ1) is 19.9. The monoisotopic (exact) mass is 489 g/mol. The molecule has 0 spiro atoms. The van der Waals surface area contributed by atoms with Crippen molar-refractivity contribution in [3.63, 3.8) is 0 Å². The smallest absolute Gasteiger partial charge is 0.302 e. The highest BCUT2D eigenvalue weighted by atomic mass is 79.9. The molecular formula is C17H11BrCl3N3O3.